The quantitative estimate of drug-likeness (QED) is 0.199. The maximum atomic E-state index is 13.7. The first-order valence-corrected chi connectivity index (χ1v) is 8.33. The van der Waals surface area contributed by atoms with Crippen molar-refractivity contribution in [1.82, 2.24) is 0 Å². The predicted octanol–water partition coefficient (Wildman–Crippen LogP) is 2.06. The summed E-state index contributed by atoms with van der Waals surface area (Å²) in [5, 5.41) is 29.7. The van der Waals surface area contributed by atoms with E-state index in [1.54, 1.807) is 0 Å². The summed E-state index contributed by atoms with van der Waals surface area (Å²) in [6, 6.07) is 3.65. The molecule has 0 spiro atoms. The lowest BCUT2D eigenvalue weighted by molar-refractivity contribution is -0.491. The van der Waals surface area contributed by atoms with Crippen LogP contribution in [0.3, 0.4) is 0 Å². The Bertz CT molecular complexity index is 536. The van der Waals surface area contributed by atoms with Crippen molar-refractivity contribution in [3.63, 3.8) is 0 Å². The molecule has 1 aromatic rings. The van der Waals surface area contributed by atoms with Crippen LogP contribution in [0.4, 0.5) is 4.39 Å². The maximum absolute atomic E-state index is 13.7. The predicted molar refractivity (Wildman–Crippen MR) is 88.8 cm³/mol. The van der Waals surface area contributed by atoms with E-state index in [2.05, 4.69) is 22.6 Å². The lowest BCUT2D eigenvalue weighted by atomic mass is 10.1. The van der Waals surface area contributed by atoms with Crippen molar-refractivity contribution in [2.75, 3.05) is 17.6 Å². The second-order valence-electron chi connectivity index (χ2n) is 5.37. The van der Waals surface area contributed by atoms with Crippen LogP contribution in [-0.2, 0) is 4.74 Å². The molecule has 0 aromatic heterocycles. The monoisotopic (exact) mass is 443 g/mol. The van der Waals surface area contributed by atoms with Crippen LogP contribution in [0.2, 0.25) is 0 Å². The highest BCUT2D eigenvalue weighted by Gasteiger charge is 2.22. The van der Waals surface area contributed by atoms with E-state index >= 15 is 0 Å². The summed E-state index contributed by atoms with van der Waals surface area (Å²) in [6.07, 6.45) is -1.95. The van der Waals surface area contributed by atoms with Crippen LogP contribution >= 0.6 is 22.6 Å². The second-order valence-corrected chi connectivity index (χ2v) is 6.25. The molecule has 2 atom stereocenters. The molecule has 0 amide bonds. The van der Waals surface area contributed by atoms with Gasteiger partial charge in [0.2, 0.25) is 6.54 Å². The third-order valence-corrected chi connectivity index (χ3v) is 3.69. The van der Waals surface area contributed by atoms with Crippen LogP contribution in [-0.4, -0.2) is 44.6 Å². The number of aliphatic hydroxyl groups is 2. The summed E-state index contributed by atoms with van der Waals surface area (Å²) < 4.78 is 25.1. The highest BCUT2D eigenvalue weighted by molar-refractivity contribution is 14.1. The van der Waals surface area contributed by atoms with Crippen LogP contribution in [0.25, 0.3) is 0 Å². The Morgan fingerprint density at radius 1 is 1.48 bits per heavy atom. The van der Waals surface area contributed by atoms with Crippen LogP contribution < -0.4 is 4.74 Å². The molecule has 0 saturated heterocycles. The summed E-state index contributed by atoms with van der Waals surface area (Å²) in [5.41, 5.74) is -0.200. The molecule has 0 aliphatic rings. The Morgan fingerprint density at radius 2 is 2.13 bits per heavy atom. The van der Waals surface area contributed by atoms with Gasteiger partial charge < -0.3 is 19.7 Å². The van der Waals surface area contributed by atoms with Gasteiger partial charge in [0.05, 0.1) is 0 Å². The molecule has 23 heavy (non-hydrogen) atoms. The molecule has 130 valence electrons. The van der Waals surface area contributed by atoms with Crippen LogP contribution in [0.1, 0.15) is 25.5 Å². The van der Waals surface area contributed by atoms with Gasteiger partial charge >= 0.3 is 0 Å². The first-order valence-electron chi connectivity index (χ1n) is 6.80. The van der Waals surface area contributed by atoms with E-state index in [1.165, 1.54) is 26.0 Å². The Labute approximate surface area is 146 Å². The van der Waals surface area contributed by atoms with Gasteiger partial charge in [-0.05, 0) is 32.0 Å². The number of hydrogen-bond acceptors (Lipinski definition) is 6. The number of benzene rings is 1. The van der Waals surface area contributed by atoms with Gasteiger partial charge in [-0.3, -0.25) is 10.1 Å². The molecule has 0 heterocycles. The van der Waals surface area contributed by atoms with Gasteiger partial charge in [0.25, 0.3) is 0 Å². The van der Waals surface area contributed by atoms with Gasteiger partial charge in [-0.15, -0.1) is 0 Å². The fourth-order valence-corrected chi connectivity index (χ4v) is 2.25. The minimum Gasteiger partial charge on any atom is -0.491 e. The van der Waals surface area contributed by atoms with Gasteiger partial charge in [-0.1, -0.05) is 22.6 Å². The molecular weight excluding hydrogens is 424 g/mol. The number of hydrogen-bond donors (Lipinski definition) is 2. The number of alkyl halides is 1. The highest BCUT2D eigenvalue weighted by atomic mass is 127. The normalized spacial score (nSPS) is 14.3. The molecule has 7 nitrogen and oxygen atoms in total. The summed E-state index contributed by atoms with van der Waals surface area (Å²) in [5.74, 6) is -1.81. The van der Waals surface area contributed by atoms with Gasteiger partial charge in [0.15, 0.2) is 5.79 Å². The molecule has 0 aliphatic heterocycles. The average Bonchev–Trinajstić information content (AvgIpc) is 2.42. The SMILES string of the molecule is CC(C)(O)O[C@H](CI)COc1ccc(F)c([C@H](O)C[N+](=O)[O-])c1. The first-order chi connectivity index (χ1) is 10.6. The van der Waals surface area contributed by atoms with Crippen LogP contribution in [0.5, 0.6) is 5.75 Å². The third-order valence-electron chi connectivity index (χ3n) is 2.71. The van der Waals surface area contributed by atoms with E-state index in [9.17, 15) is 24.7 Å². The lowest BCUT2D eigenvalue weighted by Gasteiger charge is -2.25. The fraction of sp³-hybridized carbons (Fsp3) is 0.571. The van der Waals surface area contributed by atoms with E-state index in [-0.39, 0.29) is 17.9 Å². The average molecular weight is 443 g/mol. The standard InChI is InChI=1S/C14H19FINO6/c1-14(2,19)23-10(6-16)8-22-9-3-4-12(15)11(5-9)13(18)7-17(20)21/h3-5,10,13,18-19H,6-8H2,1-2H3/t10-,13-/m1/s1. The highest BCUT2D eigenvalue weighted by Crippen LogP contribution is 2.23. The van der Waals surface area contributed by atoms with Crippen molar-refractivity contribution < 1.29 is 29.0 Å². The van der Waals surface area contributed by atoms with Crippen molar-refractivity contribution in [3.8, 4) is 5.75 Å². The zero-order valence-electron chi connectivity index (χ0n) is 12.7. The van der Waals surface area contributed by atoms with E-state index in [4.69, 9.17) is 9.47 Å². The van der Waals surface area contributed by atoms with Crippen molar-refractivity contribution >= 4 is 22.6 Å². The number of ether oxygens (including phenoxy) is 2. The Kier molecular flexibility index (Phi) is 7.58. The Morgan fingerprint density at radius 3 is 2.65 bits per heavy atom. The van der Waals surface area contributed by atoms with Crippen molar-refractivity contribution in [2.24, 2.45) is 0 Å². The van der Waals surface area contributed by atoms with Gasteiger partial charge in [-0.2, -0.15) is 0 Å². The summed E-state index contributed by atoms with van der Waals surface area (Å²) in [6.45, 7) is 2.30. The molecule has 0 bridgehead atoms. The summed E-state index contributed by atoms with van der Waals surface area (Å²) >= 11 is 2.08. The molecule has 0 saturated carbocycles. The number of aliphatic hydroxyl groups excluding tert-OH is 1. The lowest BCUT2D eigenvalue weighted by Crippen LogP contribution is -2.34. The second kappa shape index (κ2) is 8.71. The van der Waals surface area contributed by atoms with Gasteiger partial charge in [0.1, 0.15) is 30.4 Å². The zero-order chi connectivity index (χ0) is 17.6. The van der Waals surface area contributed by atoms with E-state index in [0.717, 1.165) is 6.07 Å². The first kappa shape index (κ1) is 20.0. The molecule has 0 fully saturated rings. The third kappa shape index (κ3) is 7.38. The van der Waals surface area contributed by atoms with Crippen LogP contribution in [0, 0.1) is 15.9 Å². The summed E-state index contributed by atoms with van der Waals surface area (Å²) in [4.78, 5) is 9.70. The Hall–Kier alpha value is -1.04. The molecule has 9 heteroatoms. The maximum Gasteiger partial charge on any atom is 0.233 e. The molecule has 1 rings (SSSR count). The topological polar surface area (TPSA) is 102 Å². The van der Waals surface area contributed by atoms with Gasteiger partial charge in [0, 0.05) is 14.9 Å². The van der Waals surface area contributed by atoms with Crippen molar-refractivity contribution in [3.05, 3.63) is 39.7 Å². The number of nitro groups is 1. The van der Waals surface area contributed by atoms with E-state index < -0.39 is 35.3 Å². The minimum atomic E-state index is -1.55. The summed E-state index contributed by atoms with van der Waals surface area (Å²) in [7, 11) is 0. The number of halogens is 2. The molecule has 2 N–H and O–H groups in total. The molecule has 1 aromatic carbocycles. The molecule has 0 radical (unpaired) electrons. The largest absolute Gasteiger partial charge is 0.491 e. The zero-order valence-corrected chi connectivity index (χ0v) is 14.9. The molecule has 0 unspecified atom stereocenters. The van der Waals surface area contributed by atoms with Crippen molar-refractivity contribution in [2.45, 2.75) is 31.8 Å². The number of rotatable bonds is 9. The fourth-order valence-electron chi connectivity index (χ4n) is 1.81. The number of nitrogens with zero attached hydrogens (tertiary/aromatic N) is 1. The van der Waals surface area contributed by atoms with E-state index in [1.807, 2.05) is 0 Å². The van der Waals surface area contributed by atoms with Crippen molar-refractivity contribution in [1.29, 1.82) is 0 Å². The van der Waals surface area contributed by atoms with Crippen LogP contribution in [0.15, 0.2) is 18.2 Å². The Balaban J connectivity index is 2.76. The molecule has 0 aliphatic carbocycles. The van der Waals surface area contributed by atoms with E-state index in [0.29, 0.717) is 4.43 Å². The minimum absolute atomic E-state index is 0.101. The van der Waals surface area contributed by atoms with Gasteiger partial charge in [-0.25, -0.2) is 4.39 Å². The smallest absolute Gasteiger partial charge is 0.233 e. The molecular formula is C14H19FINO6.